The fraction of sp³-hybridized carbons (Fsp3) is 0.0172. The number of nitrogens with zero attached hydrogens (tertiary/aromatic N) is 3. The van der Waals surface area contributed by atoms with Crippen molar-refractivity contribution in [1.82, 2.24) is 15.0 Å². The number of fused-ring (bicyclic) bond motifs is 9. The molecule has 2 aliphatic rings. The standard InChI is InChI=1S/C58H37N3O/c1-4-16-38(17-5-1)40-30-32-41(33-31-40)44-34-35-46-51(37-44)58(48-25-10-12-28-52(48)62-53-29-13-11-26-49(53)58)50-27-15-24-47(54(46)50)57-60-55(42-20-8-3-9-21-42)59-56(61-57)45-23-14-22-43(36-45)39-18-6-2-7-19-39/h1-37H. The van der Waals surface area contributed by atoms with E-state index >= 15 is 0 Å². The summed E-state index contributed by atoms with van der Waals surface area (Å²) in [5.74, 6) is 3.55. The van der Waals surface area contributed by atoms with Crippen LogP contribution in [0.25, 0.3) is 78.7 Å². The van der Waals surface area contributed by atoms with E-state index in [1.807, 2.05) is 24.3 Å². The van der Waals surface area contributed by atoms with Crippen molar-refractivity contribution in [3.63, 3.8) is 0 Å². The molecule has 9 aromatic carbocycles. The molecule has 290 valence electrons. The van der Waals surface area contributed by atoms with Crippen LogP contribution in [-0.2, 0) is 5.41 Å². The predicted molar refractivity (Wildman–Crippen MR) is 250 cm³/mol. The van der Waals surface area contributed by atoms with Crippen molar-refractivity contribution in [1.29, 1.82) is 0 Å². The normalized spacial score (nSPS) is 12.8. The third-order valence-electron chi connectivity index (χ3n) is 12.4. The average Bonchev–Trinajstić information content (AvgIpc) is 3.65. The largest absolute Gasteiger partial charge is 0.457 e. The third kappa shape index (κ3) is 5.72. The van der Waals surface area contributed by atoms with Gasteiger partial charge in [0, 0.05) is 27.8 Å². The van der Waals surface area contributed by atoms with Crippen molar-refractivity contribution in [2.75, 3.05) is 0 Å². The Morgan fingerprint density at radius 1 is 0.274 bits per heavy atom. The van der Waals surface area contributed by atoms with E-state index in [0.29, 0.717) is 17.5 Å². The summed E-state index contributed by atoms with van der Waals surface area (Å²) in [4.78, 5) is 15.8. The molecule has 12 rings (SSSR count). The van der Waals surface area contributed by atoms with Crippen molar-refractivity contribution in [3.05, 3.63) is 247 Å². The Morgan fingerprint density at radius 2 is 0.710 bits per heavy atom. The zero-order chi connectivity index (χ0) is 41.0. The molecule has 0 radical (unpaired) electrons. The van der Waals surface area contributed by atoms with Gasteiger partial charge in [0.05, 0.1) is 5.41 Å². The van der Waals surface area contributed by atoms with E-state index in [4.69, 9.17) is 19.7 Å². The molecular formula is C58H37N3O. The molecule has 4 nitrogen and oxygen atoms in total. The second kappa shape index (κ2) is 14.5. The first-order valence-electron chi connectivity index (χ1n) is 21.0. The second-order valence-corrected chi connectivity index (χ2v) is 15.9. The summed E-state index contributed by atoms with van der Waals surface area (Å²) < 4.78 is 6.72. The van der Waals surface area contributed by atoms with Crippen LogP contribution in [0.2, 0.25) is 0 Å². The molecule has 0 N–H and O–H groups in total. The molecule has 0 saturated heterocycles. The highest BCUT2D eigenvalue weighted by atomic mass is 16.5. The first kappa shape index (κ1) is 35.7. The van der Waals surface area contributed by atoms with Crippen molar-refractivity contribution < 1.29 is 4.74 Å². The number of hydrogen-bond acceptors (Lipinski definition) is 4. The summed E-state index contributed by atoms with van der Waals surface area (Å²) in [5.41, 5.74) is 15.8. The number of ether oxygens (including phenoxy) is 1. The highest BCUT2D eigenvalue weighted by Crippen LogP contribution is 2.63. The zero-order valence-electron chi connectivity index (χ0n) is 33.6. The highest BCUT2D eigenvalue weighted by molar-refractivity contribution is 5.97. The van der Waals surface area contributed by atoms with Gasteiger partial charge in [-0.3, -0.25) is 0 Å². The van der Waals surface area contributed by atoms with E-state index < -0.39 is 5.41 Å². The SMILES string of the molecule is c1ccc(-c2ccc(-c3ccc4c(c3)C3(c5ccccc5Oc5ccccc53)c3cccc(-c5nc(-c6ccccc6)nc(-c6cccc(-c7ccccc7)c6)n5)c3-4)cc2)cc1. The van der Waals surface area contributed by atoms with Gasteiger partial charge >= 0.3 is 0 Å². The van der Waals surface area contributed by atoms with Crippen molar-refractivity contribution in [2.24, 2.45) is 0 Å². The minimum absolute atomic E-state index is 0.619. The molecule has 0 amide bonds. The van der Waals surface area contributed by atoms with Crippen LogP contribution >= 0.6 is 0 Å². The molecule has 0 unspecified atom stereocenters. The van der Waals surface area contributed by atoms with Crippen molar-refractivity contribution >= 4 is 0 Å². The Balaban J connectivity index is 1.10. The lowest BCUT2D eigenvalue weighted by Crippen LogP contribution is -2.32. The van der Waals surface area contributed by atoms with Gasteiger partial charge in [-0.05, 0) is 79.9 Å². The fourth-order valence-electron chi connectivity index (χ4n) is 9.61. The van der Waals surface area contributed by atoms with Gasteiger partial charge in [0.15, 0.2) is 17.5 Å². The lowest BCUT2D eigenvalue weighted by molar-refractivity contribution is 0.436. The Bertz CT molecular complexity index is 3260. The minimum Gasteiger partial charge on any atom is -0.457 e. The molecule has 62 heavy (non-hydrogen) atoms. The summed E-state index contributed by atoms with van der Waals surface area (Å²) >= 11 is 0. The number of rotatable bonds is 6. The van der Waals surface area contributed by atoms with Gasteiger partial charge < -0.3 is 4.74 Å². The van der Waals surface area contributed by atoms with E-state index in [-0.39, 0.29) is 0 Å². The number of hydrogen-bond donors (Lipinski definition) is 0. The highest BCUT2D eigenvalue weighted by Gasteiger charge is 2.52. The van der Waals surface area contributed by atoms with Crippen LogP contribution in [0.3, 0.4) is 0 Å². The predicted octanol–water partition coefficient (Wildman–Crippen LogP) is 14.3. The molecule has 0 bridgehead atoms. The Kier molecular flexibility index (Phi) is 8.36. The fourth-order valence-corrected chi connectivity index (χ4v) is 9.61. The molecule has 10 aromatic rings. The molecule has 0 saturated carbocycles. The van der Waals surface area contributed by atoms with Crippen LogP contribution < -0.4 is 4.74 Å². The average molecular weight is 792 g/mol. The van der Waals surface area contributed by atoms with E-state index in [1.165, 1.54) is 22.3 Å². The van der Waals surface area contributed by atoms with E-state index in [0.717, 1.165) is 72.7 Å². The van der Waals surface area contributed by atoms with Crippen LogP contribution in [-0.4, -0.2) is 15.0 Å². The summed E-state index contributed by atoms with van der Waals surface area (Å²) in [6.07, 6.45) is 0. The Morgan fingerprint density at radius 3 is 1.37 bits per heavy atom. The summed E-state index contributed by atoms with van der Waals surface area (Å²) in [5, 5.41) is 0. The monoisotopic (exact) mass is 791 g/mol. The quantitative estimate of drug-likeness (QED) is 0.168. The smallest absolute Gasteiger partial charge is 0.164 e. The molecule has 0 fully saturated rings. The maximum atomic E-state index is 6.72. The molecule has 1 aliphatic carbocycles. The summed E-state index contributed by atoms with van der Waals surface area (Å²) in [7, 11) is 0. The zero-order valence-corrected chi connectivity index (χ0v) is 33.6. The second-order valence-electron chi connectivity index (χ2n) is 15.9. The number of aromatic nitrogens is 3. The minimum atomic E-state index is -0.686. The van der Waals surface area contributed by atoms with Crippen LogP contribution in [0.5, 0.6) is 11.5 Å². The van der Waals surface area contributed by atoms with E-state index in [1.54, 1.807) is 0 Å². The summed E-state index contributed by atoms with van der Waals surface area (Å²) in [6.45, 7) is 0. The molecule has 0 atom stereocenters. The van der Waals surface area contributed by atoms with Crippen LogP contribution in [0.15, 0.2) is 224 Å². The van der Waals surface area contributed by atoms with Gasteiger partial charge in [0.1, 0.15) is 11.5 Å². The first-order valence-corrected chi connectivity index (χ1v) is 21.0. The number of para-hydroxylation sites is 2. The first-order chi connectivity index (χ1) is 30.7. The molecule has 1 aliphatic heterocycles. The molecule has 4 heteroatoms. The van der Waals surface area contributed by atoms with Crippen LogP contribution in [0, 0.1) is 0 Å². The van der Waals surface area contributed by atoms with Gasteiger partial charge in [-0.15, -0.1) is 0 Å². The van der Waals surface area contributed by atoms with Gasteiger partial charge in [-0.25, -0.2) is 15.0 Å². The Labute approximate surface area is 360 Å². The van der Waals surface area contributed by atoms with Crippen LogP contribution in [0.1, 0.15) is 22.3 Å². The lowest BCUT2D eigenvalue weighted by Gasteiger charge is -2.39. The van der Waals surface area contributed by atoms with Gasteiger partial charge in [0.2, 0.25) is 0 Å². The molecule has 1 aromatic heterocycles. The maximum absolute atomic E-state index is 6.72. The van der Waals surface area contributed by atoms with Gasteiger partial charge in [0.25, 0.3) is 0 Å². The third-order valence-corrected chi connectivity index (χ3v) is 12.4. The number of benzene rings is 9. The summed E-state index contributed by atoms with van der Waals surface area (Å²) in [6, 6.07) is 79.2. The lowest BCUT2D eigenvalue weighted by atomic mass is 9.66. The van der Waals surface area contributed by atoms with E-state index in [9.17, 15) is 0 Å². The van der Waals surface area contributed by atoms with Gasteiger partial charge in [-0.1, -0.05) is 200 Å². The van der Waals surface area contributed by atoms with Crippen LogP contribution in [0.4, 0.5) is 0 Å². The van der Waals surface area contributed by atoms with Gasteiger partial charge in [-0.2, -0.15) is 0 Å². The molecular weight excluding hydrogens is 755 g/mol. The van der Waals surface area contributed by atoms with Crippen molar-refractivity contribution in [3.8, 4) is 90.2 Å². The Hall–Kier alpha value is -8.21. The topological polar surface area (TPSA) is 47.9 Å². The van der Waals surface area contributed by atoms with E-state index in [2.05, 4.69) is 200 Å². The maximum Gasteiger partial charge on any atom is 0.164 e. The van der Waals surface area contributed by atoms with Crippen molar-refractivity contribution in [2.45, 2.75) is 5.41 Å². The molecule has 2 heterocycles. The molecule has 1 spiro atoms.